The molecule has 0 radical (unpaired) electrons. The van der Waals surface area contributed by atoms with Crippen LogP contribution in [0.15, 0.2) is 60.7 Å². The first-order chi connectivity index (χ1) is 15.3. The molecular formula is C23H19F2N3O4. The van der Waals surface area contributed by atoms with E-state index in [1.54, 1.807) is 25.1 Å². The molecule has 0 aliphatic carbocycles. The average Bonchev–Trinajstić information content (AvgIpc) is 2.73. The number of nitrogens with one attached hydrogen (secondary N) is 3. The molecule has 164 valence electrons. The van der Waals surface area contributed by atoms with E-state index >= 15 is 0 Å². The third-order valence-corrected chi connectivity index (χ3v) is 4.34. The van der Waals surface area contributed by atoms with Crippen molar-refractivity contribution in [2.24, 2.45) is 0 Å². The third kappa shape index (κ3) is 5.45. The molecule has 3 aromatic carbocycles. The highest BCUT2D eigenvalue weighted by molar-refractivity contribution is 6.08. The molecule has 0 saturated heterocycles. The van der Waals surface area contributed by atoms with E-state index in [2.05, 4.69) is 16.0 Å². The van der Waals surface area contributed by atoms with Crippen LogP contribution >= 0.6 is 0 Å². The Bertz CT molecular complexity index is 1180. The molecule has 0 bridgehead atoms. The summed E-state index contributed by atoms with van der Waals surface area (Å²) in [6.07, 6.45) is 0. The molecule has 9 heteroatoms. The smallest absolute Gasteiger partial charge is 0.259 e. The van der Waals surface area contributed by atoms with Crippen molar-refractivity contribution in [2.75, 3.05) is 17.2 Å². The molecule has 0 aliphatic rings. The first-order valence-electron chi connectivity index (χ1n) is 9.57. The van der Waals surface area contributed by atoms with Crippen LogP contribution in [0, 0.1) is 11.6 Å². The van der Waals surface area contributed by atoms with E-state index in [1.165, 1.54) is 18.2 Å². The maximum absolute atomic E-state index is 13.3. The minimum atomic E-state index is -0.902. The van der Waals surface area contributed by atoms with E-state index in [-0.39, 0.29) is 22.7 Å². The number of benzene rings is 3. The summed E-state index contributed by atoms with van der Waals surface area (Å²) in [5.41, 5.74) is 0.510. The maximum atomic E-state index is 13.3. The van der Waals surface area contributed by atoms with Gasteiger partial charge in [-0.1, -0.05) is 6.07 Å². The van der Waals surface area contributed by atoms with E-state index in [4.69, 9.17) is 0 Å². The van der Waals surface area contributed by atoms with Gasteiger partial charge < -0.3 is 21.1 Å². The van der Waals surface area contributed by atoms with Gasteiger partial charge in [-0.25, -0.2) is 8.78 Å². The van der Waals surface area contributed by atoms with Crippen LogP contribution in [0.3, 0.4) is 0 Å². The molecule has 3 rings (SSSR count). The summed E-state index contributed by atoms with van der Waals surface area (Å²) in [6, 6.07) is 12.4. The van der Waals surface area contributed by atoms with Crippen LogP contribution in [0.1, 0.15) is 38.0 Å². The minimum Gasteiger partial charge on any atom is -0.507 e. The molecule has 0 fully saturated rings. The van der Waals surface area contributed by atoms with Crippen molar-refractivity contribution in [1.82, 2.24) is 5.32 Å². The van der Waals surface area contributed by atoms with Crippen LogP contribution in [-0.4, -0.2) is 29.4 Å². The van der Waals surface area contributed by atoms with Gasteiger partial charge in [0.1, 0.15) is 17.4 Å². The standard InChI is InChI=1S/C23H19F2N3O4/c1-2-26-21(30)13-4-3-5-17(10-13)28-23(32)19-7-6-18(12-20(19)29)27-22(31)14-8-15(24)11-16(25)9-14/h3-12,29H,2H2,1H3,(H,26,30)(H,27,31)(H,28,32). The van der Waals surface area contributed by atoms with Crippen LogP contribution in [0.25, 0.3) is 0 Å². The fourth-order valence-electron chi connectivity index (χ4n) is 2.89. The van der Waals surface area contributed by atoms with Gasteiger partial charge in [0.2, 0.25) is 0 Å². The number of carbonyl (C=O) groups is 3. The van der Waals surface area contributed by atoms with Gasteiger partial charge in [0.15, 0.2) is 0 Å². The number of carbonyl (C=O) groups excluding carboxylic acids is 3. The predicted octanol–water partition coefficient (Wildman–Crippen LogP) is 3.92. The van der Waals surface area contributed by atoms with Gasteiger partial charge in [-0.2, -0.15) is 0 Å². The lowest BCUT2D eigenvalue weighted by Gasteiger charge is -2.11. The Balaban J connectivity index is 1.72. The van der Waals surface area contributed by atoms with E-state index < -0.39 is 29.2 Å². The number of aromatic hydroxyl groups is 1. The molecule has 4 N–H and O–H groups in total. The first-order valence-corrected chi connectivity index (χ1v) is 9.57. The molecular weight excluding hydrogens is 420 g/mol. The Labute approximate surface area is 182 Å². The Morgan fingerprint density at radius 2 is 1.44 bits per heavy atom. The van der Waals surface area contributed by atoms with Gasteiger partial charge in [-0.3, -0.25) is 14.4 Å². The van der Waals surface area contributed by atoms with Crippen molar-refractivity contribution in [3.05, 3.63) is 89.0 Å². The summed E-state index contributed by atoms with van der Waals surface area (Å²) in [4.78, 5) is 36.6. The number of phenolic OH excluding ortho intramolecular Hbond substituents is 1. The van der Waals surface area contributed by atoms with Crippen molar-refractivity contribution in [3.63, 3.8) is 0 Å². The van der Waals surface area contributed by atoms with E-state index in [0.29, 0.717) is 23.9 Å². The zero-order valence-corrected chi connectivity index (χ0v) is 16.9. The van der Waals surface area contributed by atoms with Crippen molar-refractivity contribution in [2.45, 2.75) is 6.92 Å². The van der Waals surface area contributed by atoms with Crippen molar-refractivity contribution < 1.29 is 28.3 Å². The molecule has 7 nitrogen and oxygen atoms in total. The second kappa shape index (κ2) is 9.69. The highest BCUT2D eigenvalue weighted by Crippen LogP contribution is 2.24. The van der Waals surface area contributed by atoms with Crippen molar-refractivity contribution in [1.29, 1.82) is 0 Å². The lowest BCUT2D eigenvalue weighted by molar-refractivity contribution is 0.0953. The SMILES string of the molecule is CCNC(=O)c1cccc(NC(=O)c2ccc(NC(=O)c3cc(F)cc(F)c3)cc2O)c1. The summed E-state index contributed by atoms with van der Waals surface area (Å²) >= 11 is 0. The topological polar surface area (TPSA) is 108 Å². The highest BCUT2D eigenvalue weighted by atomic mass is 19.1. The second-order valence-electron chi connectivity index (χ2n) is 6.74. The van der Waals surface area contributed by atoms with Gasteiger partial charge in [-0.15, -0.1) is 0 Å². The molecule has 0 unspecified atom stereocenters. The number of halogens is 2. The van der Waals surface area contributed by atoms with Crippen molar-refractivity contribution >= 4 is 29.1 Å². The molecule has 3 aromatic rings. The Morgan fingerprint density at radius 3 is 2.09 bits per heavy atom. The Morgan fingerprint density at radius 1 is 0.781 bits per heavy atom. The van der Waals surface area contributed by atoms with E-state index in [0.717, 1.165) is 18.2 Å². The lowest BCUT2D eigenvalue weighted by Crippen LogP contribution is -2.22. The van der Waals surface area contributed by atoms with Gasteiger partial charge in [-0.05, 0) is 49.4 Å². The molecule has 3 amide bonds. The molecule has 0 aliphatic heterocycles. The summed E-state index contributed by atoms with van der Waals surface area (Å²) in [6.45, 7) is 2.25. The molecule has 0 aromatic heterocycles. The number of rotatable bonds is 6. The molecule has 0 heterocycles. The molecule has 0 spiro atoms. The fourth-order valence-corrected chi connectivity index (χ4v) is 2.89. The summed E-state index contributed by atoms with van der Waals surface area (Å²) in [7, 11) is 0. The molecule has 0 atom stereocenters. The predicted molar refractivity (Wildman–Crippen MR) is 115 cm³/mol. The van der Waals surface area contributed by atoms with Gasteiger partial charge in [0, 0.05) is 41.2 Å². The number of amides is 3. The number of anilines is 2. The maximum Gasteiger partial charge on any atom is 0.259 e. The van der Waals surface area contributed by atoms with Gasteiger partial charge in [0.25, 0.3) is 17.7 Å². The van der Waals surface area contributed by atoms with E-state index in [9.17, 15) is 28.3 Å². The highest BCUT2D eigenvalue weighted by Gasteiger charge is 2.15. The number of hydrogen-bond donors (Lipinski definition) is 4. The number of phenols is 1. The van der Waals surface area contributed by atoms with Gasteiger partial charge in [0.05, 0.1) is 5.56 Å². The van der Waals surface area contributed by atoms with E-state index in [1.807, 2.05) is 0 Å². The Kier molecular flexibility index (Phi) is 6.79. The van der Waals surface area contributed by atoms with Crippen LogP contribution in [-0.2, 0) is 0 Å². The molecule has 0 saturated carbocycles. The summed E-state index contributed by atoms with van der Waals surface area (Å²) < 4.78 is 26.6. The average molecular weight is 439 g/mol. The molecule has 32 heavy (non-hydrogen) atoms. The second-order valence-corrected chi connectivity index (χ2v) is 6.74. The fraction of sp³-hybridized carbons (Fsp3) is 0.0870. The van der Waals surface area contributed by atoms with Crippen LogP contribution in [0.5, 0.6) is 5.75 Å². The summed E-state index contributed by atoms with van der Waals surface area (Å²) in [5.74, 6) is -3.94. The number of hydrogen-bond acceptors (Lipinski definition) is 4. The zero-order valence-electron chi connectivity index (χ0n) is 16.9. The zero-order chi connectivity index (χ0) is 23.3. The van der Waals surface area contributed by atoms with Gasteiger partial charge >= 0.3 is 0 Å². The quantitative estimate of drug-likeness (QED) is 0.467. The van der Waals surface area contributed by atoms with Crippen molar-refractivity contribution in [3.8, 4) is 5.75 Å². The van der Waals surface area contributed by atoms with Crippen LogP contribution < -0.4 is 16.0 Å². The first kappa shape index (κ1) is 22.4. The largest absolute Gasteiger partial charge is 0.507 e. The van der Waals surface area contributed by atoms with Crippen LogP contribution in [0.2, 0.25) is 0 Å². The normalized spacial score (nSPS) is 10.3. The summed E-state index contributed by atoms with van der Waals surface area (Å²) in [5, 5.41) is 17.9. The monoisotopic (exact) mass is 439 g/mol. The lowest BCUT2D eigenvalue weighted by atomic mass is 10.1. The van der Waals surface area contributed by atoms with Crippen LogP contribution in [0.4, 0.5) is 20.2 Å². The third-order valence-electron chi connectivity index (χ3n) is 4.34. The Hall–Kier alpha value is -4.27. The minimum absolute atomic E-state index is 0.0804.